The number of aromatic nitrogens is 2. The van der Waals surface area contributed by atoms with E-state index in [1.54, 1.807) is 7.11 Å². The van der Waals surface area contributed by atoms with Crippen LogP contribution in [0.15, 0.2) is 18.0 Å². The summed E-state index contributed by atoms with van der Waals surface area (Å²) in [4.78, 5) is 0. The third-order valence-corrected chi connectivity index (χ3v) is 2.81. The summed E-state index contributed by atoms with van der Waals surface area (Å²) < 4.78 is 6.99. The Bertz CT molecular complexity index is 369. The first-order valence-corrected chi connectivity index (χ1v) is 6.60. The molecule has 1 rings (SSSR count). The average molecular weight is 251 g/mol. The van der Waals surface area contributed by atoms with Crippen LogP contribution in [0.2, 0.25) is 0 Å². The highest BCUT2D eigenvalue weighted by molar-refractivity contribution is 5.51. The molecule has 0 atom stereocenters. The van der Waals surface area contributed by atoms with E-state index in [4.69, 9.17) is 4.74 Å². The molecule has 0 fully saturated rings. The maximum atomic E-state index is 5.01. The lowest BCUT2D eigenvalue weighted by Crippen LogP contribution is -2.21. The predicted octanol–water partition coefficient (Wildman–Crippen LogP) is 2.49. The number of nitrogens with zero attached hydrogens (tertiary/aromatic N) is 2. The third-order valence-electron chi connectivity index (χ3n) is 2.81. The van der Waals surface area contributed by atoms with Gasteiger partial charge in [-0.1, -0.05) is 18.6 Å². The Balaban J connectivity index is 2.54. The molecule has 0 amide bonds. The fraction of sp³-hybridized carbons (Fsp3) is 0.643. The smallest absolute Gasteiger partial charge is 0.0587 e. The minimum Gasteiger partial charge on any atom is -0.383 e. The molecule has 0 radical (unpaired) electrons. The van der Waals surface area contributed by atoms with Crippen LogP contribution in [-0.4, -0.2) is 36.6 Å². The molecule has 102 valence electrons. The summed E-state index contributed by atoms with van der Waals surface area (Å²) in [7, 11) is 1.72. The molecular weight excluding hydrogens is 226 g/mol. The number of methoxy groups -OCH3 is 1. The van der Waals surface area contributed by atoms with Gasteiger partial charge in [-0.05, 0) is 20.3 Å². The van der Waals surface area contributed by atoms with E-state index in [1.165, 1.54) is 11.1 Å². The molecule has 0 bridgehead atoms. The topological polar surface area (TPSA) is 39.1 Å². The summed E-state index contributed by atoms with van der Waals surface area (Å²) >= 11 is 0. The lowest BCUT2D eigenvalue weighted by Gasteiger charge is -2.06. The van der Waals surface area contributed by atoms with Crippen molar-refractivity contribution in [2.75, 3.05) is 26.8 Å². The normalized spacial score (nSPS) is 12.4. The fourth-order valence-electron chi connectivity index (χ4n) is 1.65. The van der Waals surface area contributed by atoms with E-state index < -0.39 is 0 Å². The lowest BCUT2D eigenvalue weighted by atomic mass is 10.1. The largest absolute Gasteiger partial charge is 0.383 e. The van der Waals surface area contributed by atoms with Gasteiger partial charge in [-0.15, -0.1) is 0 Å². The molecule has 0 saturated carbocycles. The Hall–Kier alpha value is -1.13. The number of ether oxygens (including phenoxy) is 1. The summed E-state index contributed by atoms with van der Waals surface area (Å²) in [5.74, 6) is 0. The molecule has 0 saturated heterocycles. The summed E-state index contributed by atoms with van der Waals surface area (Å²) in [5, 5.41) is 7.71. The van der Waals surface area contributed by atoms with Crippen molar-refractivity contribution in [2.24, 2.45) is 0 Å². The molecule has 1 aromatic heterocycles. The Labute approximate surface area is 110 Å². The van der Waals surface area contributed by atoms with Gasteiger partial charge in [0.1, 0.15) is 0 Å². The van der Waals surface area contributed by atoms with Crippen LogP contribution in [0.5, 0.6) is 0 Å². The zero-order valence-corrected chi connectivity index (χ0v) is 11.9. The minimum atomic E-state index is 0.414. The molecule has 1 N–H and O–H groups in total. The van der Waals surface area contributed by atoms with Crippen LogP contribution in [0.1, 0.15) is 38.8 Å². The maximum Gasteiger partial charge on any atom is 0.0587 e. The quantitative estimate of drug-likeness (QED) is 0.722. The molecule has 0 aliphatic carbocycles. The van der Waals surface area contributed by atoms with Crippen molar-refractivity contribution < 1.29 is 4.74 Å². The van der Waals surface area contributed by atoms with Gasteiger partial charge in [0, 0.05) is 38.0 Å². The molecule has 0 unspecified atom stereocenters. The molecule has 0 aliphatic rings. The van der Waals surface area contributed by atoms with E-state index in [2.05, 4.69) is 43.5 Å². The summed E-state index contributed by atoms with van der Waals surface area (Å²) in [5.41, 5.74) is 2.56. The van der Waals surface area contributed by atoms with Crippen LogP contribution >= 0.6 is 0 Å². The second kappa shape index (κ2) is 8.06. The van der Waals surface area contributed by atoms with Crippen molar-refractivity contribution in [3.05, 3.63) is 23.5 Å². The molecule has 0 aliphatic heterocycles. The first-order chi connectivity index (χ1) is 8.67. The molecular formula is C14H25N3O. The zero-order valence-electron chi connectivity index (χ0n) is 11.9. The van der Waals surface area contributed by atoms with Gasteiger partial charge >= 0.3 is 0 Å². The fourth-order valence-corrected chi connectivity index (χ4v) is 1.65. The highest BCUT2D eigenvalue weighted by Gasteiger charge is 2.01. The van der Waals surface area contributed by atoms with Crippen LogP contribution < -0.4 is 5.32 Å². The summed E-state index contributed by atoms with van der Waals surface area (Å²) in [6.07, 6.45) is 7.28. The van der Waals surface area contributed by atoms with Gasteiger partial charge in [-0.2, -0.15) is 5.10 Å². The number of hydrogen-bond donors (Lipinski definition) is 1. The van der Waals surface area contributed by atoms with Crippen LogP contribution in [-0.2, 0) is 4.74 Å². The van der Waals surface area contributed by atoms with E-state index in [-0.39, 0.29) is 0 Å². The van der Waals surface area contributed by atoms with Crippen LogP contribution in [0.25, 0.3) is 6.08 Å². The van der Waals surface area contributed by atoms with Crippen molar-refractivity contribution in [3.8, 4) is 0 Å². The maximum absolute atomic E-state index is 5.01. The number of nitrogens with one attached hydrogen (secondary N) is 1. The van der Waals surface area contributed by atoms with Gasteiger partial charge < -0.3 is 10.1 Å². The molecule has 1 aromatic rings. The molecule has 4 heteroatoms. The van der Waals surface area contributed by atoms with E-state index in [0.717, 1.165) is 26.1 Å². The SMILES string of the molecule is CCC(=Cc1cnn(C(C)C)c1)CNCCOC. The molecule has 1 heterocycles. The van der Waals surface area contributed by atoms with Crippen LogP contribution in [0.4, 0.5) is 0 Å². The standard InChI is InChI=1S/C14H25N3O/c1-5-13(9-15-6-7-18-4)8-14-10-16-17(11-14)12(2)3/h8,10-12,15H,5-7,9H2,1-4H3. The van der Waals surface area contributed by atoms with Gasteiger partial charge in [0.2, 0.25) is 0 Å². The Kier molecular flexibility index (Phi) is 6.68. The zero-order chi connectivity index (χ0) is 13.4. The highest BCUT2D eigenvalue weighted by Crippen LogP contribution is 2.11. The van der Waals surface area contributed by atoms with E-state index in [9.17, 15) is 0 Å². The average Bonchev–Trinajstić information content (AvgIpc) is 2.81. The van der Waals surface area contributed by atoms with E-state index in [1.807, 2.05) is 10.9 Å². The third kappa shape index (κ3) is 5.02. The van der Waals surface area contributed by atoms with Gasteiger partial charge in [0.15, 0.2) is 0 Å². The second-order valence-corrected chi connectivity index (χ2v) is 4.67. The monoisotopic (exact) mass is 251 g/mol. The molecule has 18 heavy (non-hydrogen) atoms. The van der Waals surface area contributed by atoms with Gasteiger partial charge in [-0.25, -0.2) is 0 Å². The lowest BCUT2D eigenvalue weighted by molar-refractivity contribution is 0.200. The predicted molar refractivity (Wildman–Crippen MR) is 75.6 cm³/mol. The van der Waals surface area contributed by atoms with Gasteiger partial charge in [-0.3, -0.25) is 4.68 Å². The minimum absolute atomic E-state index is 0.414. The molecule has 4 nitrogen and oxygen atoms in total. The summed E-state index contributed by atoms with van der Waals surface area (Å²) in [6.45, 7) is 8.99. The molecule has 0 spiro atoms. The Morgan fingerprint density at radius 2 is 2.33 bits per heavy atom. The van der Waals surface area contributed by atoms with Gasteiger partial charge in [0.05, 0.1) is 12.8 Å². The van der Waals surface area contributed by atoms with E-state index >= 15 is 0 Å². The highest BCUT2D eigenvalue weighted by atomic mass is 16.5. The van der Waals surface area contributed by atoms with Gasteiger partial charge in [0.25, 0.3) is 0 Å². The second-order valence-electron chi connectivity index (χ2n) is 4.67. The Morgan fingerprint density at radius 1 is 1.56 bits per heavy atom. The van der Waals surface area contributed by atoms with E-state index in [0.29, 0.717) is 6.04 Å². The van der Waals surface area contributed by atoms with Crippen LogP contribution in [0, 0.1) is 0 Å². The number of hydrogen-bond acceptors (Lipinski definition) is 3. The van der Waals surface area contributed by atoms with Crippen molar-refractivity contribution in [1.82, 2.24) is 15.1 Å². The van der Waals surface area contributed by atoms with Crippen molar-refractivity contribution in [1.29, 1.82) is 0 Å². The Morgan fingerprint density at radius 3 is 2.89 bits per heavy atom. The first-order valence-electron chi connectivity index (χ1n) is 6.60. The number of rotatable bonds is 8. The van der Waals surface area contributed by atoms with Crippen molar-refractivity contribution in [3.63, 3.8) is 0 Å². The first kappa shape index (κ1) is 14.9. The van der Waals surface area contributed by atoms with Crippen molar-refractivity contribution >= 4 is 6.08 Å². The van der Waals surface area contributed by atoms with Crippen molar-refractivity contribution in [2.45, 2.75) is 33.2 Å². The summed E-state index contributed by atoms with van der Waals surface area (Å²) in [6, 6.07) is 0.414. The van der Waals surface area contributed by atoms with Crippen LogP contribution in [0.3, 0.4) is 0 Å². The molecule has 0 aromatic carbocycles.